The number of pyridine rings is 1. The third-order valence-electron chi connectivity index (χ3n) is 1.52. The number of nitrogens with zero attached hydrogens (tertiary/aromatic N) is 2. The van der Waals surface area contributed by atoms with Crippen molar-refractivity contribution in [2.75, 3.05) is 0 Å². The van der Waals surface area contributed by atoms with E-state index in [1.807, 2.05) is 12.3 Å². The predicted octanol–water partition coefficient (Wildman–Crippen LogP) is 2.38. The van der Waals surface area contributed by atoms with Gasteiger partial charge in [0.25, 0.3) is 0 Å². The average Bonchev–Trinajstić information content (AvgIpc) is 2.35. The molecule has 2 aromatic heterocycles. The van der Waals surface area contributed by atoms with E-state index in [1.54, 1.807) is 16.2 Å². The molecule has 2 rings (SSSR count). The molecule has 2 heterocycles. The first-order chi connectivity index (χ1) is 5.29. The van der Waals surface area contributed by atoms with Crippen LogP contribution in [0.1, 0.15) is 0 Å². The van der Waals surface area contributed by atoms with Gasteiger partial charge in [0, 0.05) is 17.8 Å². The minimum Gasteiger partial charge on any atom is -0.278 e. The third kappa shape index (κ3) is 1.01. The fraction of sp³-hybridized carbons (Fsp3) is 0. The van der Waals surface area contributed by atoms with Crippen molar-refractivity contribution in [2.45, 2.75) is 0 Å². The van der Waals surface area contributed by atoms with E-state index in [4.69, 9.17) is 11.6 Å². The Morgan fingerprint density at radius 3 is 3.00 bits per heavy atom. The number of hydrogen-bond donors (Lipinski definition) is 1. The third-order valence-corrected chi connectivity index (χ3v) is 2.17. The number of aromatic nitrogens is 2. The largest absolute Gasteiger partial charge is 0.278 e. The Kier molecular flexibility index (Phi) is 1.55. The Hall–Kier alpha value is -0.670. The quantitative estimate of drug-likeness (QED) is 0.623. The molecule has 0 saturated heterocycles. The lowest BCUT2D eigenvalue weighted by atomic mass is 10.3. The lowest BCUT2D eigenvalue weighted by molar-refractivity contribution is 1.27. The molecule has 0 spiro atoms. The second kappa shape index (κ2) is 2.43. The molecular formula is C7H5ClN2S. The van der Waals surface area contributed by atoms with Crippen LogP contribution in [-0.2, 0) is 0 Å². The topological polar surface area (TPSA) is 17.8 Å². The van der Waals surface area contributed by atoms with Crippen LogP contribution in [-0.4, -0.2) is 8.96 Å². The molecule has 0 N–H and O–H groups in total. The molecule has 0 saturated carbocycles. The minimum absolute atomic E-state index is 0.711. The van der Waals surface area contributed by atoms with Gasteiger partial charge in [0.15, 0.2) is 5.65 Å². The Labute approximate surface area is 74.3 Å². The van der Waals surface area contributed by atoms with Gasteiger partial charge in [0.05, 0.1) is 5.02 Å². The first-order valence-corrected chi connectivity index (χ1v) is 3.87. The summed E-state index contributed by atoms with van der Waals surface area (Å²) < 4.78 is 1.64. The van der Waals surface area contributed by atoms with E-state index in [2.05, 4.69) is 17.8 Å². The Morgan fingerprint density at radius 1 is 1.45 bits per heavy atom. The molecule has 11 heavy (non-hydrogen) atoms. The first-order valence-electron chi connectivity index (χ1n) is 3.10. The van der Waals surface area contributed by atoms with Crippen molar-refractivity contribution in [1.29, 1.82) is 0 Å². The maximum Gasteiger partial charge on any atom is 0.151 e. The van der Waals surface area contributed by atoms with Crippen LogP contribution >= 0.6 is 24.4 Å². The van der Waals surface area contributed by atoms with Gasteiger partial charge < -0.3 is 0 Å². The maximum atomic E-state index is 5.88. The van der Waals surface area contributed by atoms with Gasteiger partial charge in [-0.3, -0.25) is 3.97 Å². The standard InChI is InChI=1S/C7H5ClN2S/c8-6-1-3-9-7-5(6)2-4-10(7)11/h1-4,11H. The molecule has 0 radical (unpaired) electrons. The van der Waals surface area contributed by atoms with Gasteiger partial charge in [-0.15, -0.1) is 0 Å². The molecule has 0 unspecified atom stereocenters. The van der Waals surface area contributed by atoms with E-state index in [9.17, 15) is 0 Å². The molecule has 0 amide bonds. The Morgan fingerprint density at radius 2 is 2.27 bits per heavy atom. The summed E-state index contributed by atoms with van der Waals surface area (Å²) in [6.45, 7) is 0. The zero-order chi connectivity index (χ0) is 7.84. The predicted molar refractivity (Wildman–Crippen MR) is 49.1 cm³/mol. The van der Waals surface area contributed by atoms with Gasteiger partial charge in [-0.2, -0.15) is 0 Å². The lowest BCUT2D eigenvalue weighted by Crippen LogP contribution is -1.80. The number of rotatable bonds is 0. The summed E-state index contributed by atoms with van der Waals surface area (Å²) in [7, 11) is 0. The van der Waals surface area contributed by atoms with E-state index in [0.29, 0.717) is 5.02 Å². The molecular weight excluding hydrogens is 180 g/mol. The van der Waals surface area contributed by atoms with E-state index in [1.165, 1.54) is 0 Å². The summed E-state index contributed by atoms with van der Waals surface area (Å²) >= 11 is 10.0. The average molecular weight is 185 g/mol. The fourth-order valence-electron chi connectivity index (χ4n) is 0.992. The molecule has 2 aromatic rings. The van der Waals surface area contributed by atoms with Crippen LogP contribution in [0.4, 0.5) is 0 Å². The van der Waals surface area contributed by atoms with Crippen molar-refractivity contribution < 1.29 is 0 Å². The van der Waals surface area contributed by atoms with Crippen LogP contribution in [0.2, 0.25) is 5.02 Å². The summed E-state index contributed by atoms with van der Waals surface area (Å²) in [5.41, 5.74) is 0.792. The van der Waals surface area contributed by atoms with Crippen molar-refractivity contribution in [3.63, 3.8) is 0 Å². The summed E-state index contributed by atoms with van der Waals surface area (Å²) in [5.74, 6) is 0. The minimum atomic E-state index is 0.711. The Bertz CT molecular complexity index is 396. The van der Waals surface area contributed by atoms with Gasteiger partial charge in [0.1, 0.15) is 0 Å². The van der Waals surface area contributed by atoms with Crippen molar-refractivity contribution in [3.05, 3.63) is 29.5 Å². The zero-order valence-electron chi connectivity index (χ0n) is 5.53. The van der Waals surface area contributed by atoms with E-state index in [-0.39, 0.29) is 0 Å². The second-order valence-corrected chi connectivity index (χ2v) is 3.03. The van der Waals surface area contributed by atoms with Gasteiger partial charge in [-0.25, -0.2) is 4.98 Å². The van der Waals surface area contributed by atoms with Crippen molar-refractivity contribution in [3.8, 4) is 0 Å². The van der Waals surface area contributed by atoms with Crippen LogP contribution in [0.25, 0.3) is 11.0 Å². The van der Waals surface area contributed by atoms with E-state index >= 15 is 0 Å². The highest BCUT2D eigenvalue weighted by Crippen LogP contribution is 2.22. The molecule has 56 valence electrons. The number of thiol groups is 1. The fourth-order valence-corrected chi connectivity index (χ4v) is 1.42. The van der Waals surface area contributed by atoms with Crippen LogP contribution in [0.5, 0.6) is 0 Å². The summed E-state index contributed by atoms with van der Waals surface area (Å²) in [4.78, 5) is 4.10. The normalized spacial score (nSPS) is 10.7. The van der Waals surface area contributed by atoms with Crippen LogP contribution in [0.15, 0.2) is 24.5 Å². The molecule has 0 aliphatic rings. The number of fused-ring (bicyclic) bond motifs is 1. The monoisotopic (exact) mass is 184 g/mol. The summed E-state index contributed by atoms with van der Waals surface area (Å²) in [6.07, 6.45) is 3.48. The highest BCUT2D eigenvalue weighted by molar-refractivity contribution is 7.78. The molecule has 0 aromatic carbocycles. The highest BCUT2D eigenvalue weighted by Gasteiger charge is 2.01. The molecule has 0 aliphatic carbocycles. The van der Waals surface area contributed by atoms with Crippen LogP contribution in [0, 0.1) is 0 Å². The van der Waals surface area contributed by atoms with Gasteiger partial charge in [-0.05, 0) is 12.1 Å². The Balaban J connectivity index is 2.94. The SMILES string of the molecule is Sn1ccc2c(Cl)ccnc21. The second-order valence-electron chi connectivity index (χ2n) is 2.19. The van der Waals surface area contributed by atoms with Gasteiger partial charge >= 0.3 is 0 Å². The zero-order valence-corrected chi connectivity index (χ0v) is 7.18. The highest BCUT2D eigenvalue weighted by atomic mass is 35.5. The van der Waals surface area contributed by atoms with Crippen LogP contribution in [0.3, 0.4) is 0 Å². The van der Waals surface area contributed by atoms with E-state index < -0.39 is 0 Å². The molecule has 0 fully saturated rings. The van der Waals surface area contributed by atoms with Crippen LogP contribution < -0.4 is 0 Å². The molecule has 2 nitrogen and oxygen atoms in total. The molecule has 0 atom stereocenters. The maximum absolute atomic E-state index is 5.88. The molecule has 0 bridgehead atoms. The number of halogens is 1. The number of hydrogen-bond acceptors (Lipinski definition) is 2. The molecule has 4 heteroatoms. The van der Waals surface area contributed by atoms with Crippen molar-refractivity contribution >= 4 is 35.4 Å². The summed E-state index contributed by atoms with van der Waals surface area (Å²) in [5, 5.41) is 1.65. The van der Waals surface area contributed by atoms with Crippen molar-refractivity contribution in [2.24, 2.45) is 0 Å². The van der Waals surface area contributed by atoms with Crippen molar-refractivity contribution in [1.82, 2.24) is 8.96 Å². The molecule has 0 aliphatic heterocycles. The first kappa shape index (κ1) is 7.00. The smallest absolute Gasteiger partial charge is 0.151 e. The van der Waals surface area contributed by atoms with E-state index in [0.717, 1.165) is 11.0 Å². The summed E-state index contributed by atoms with van der Waals surface area (Å²) in [6, 6.07) is 3.65. The lowest BCUT2D eigenvalue weighted by Gasteiger charge is -1.93. The van der Waals surface area contributed by atoms with Gasteiger partial charge in [0.2, 0.25) is 0 Å². The van der Waals surface area contributed by atoms with Gasteiger partial charge in [-0.1, -0.05) is 24.4 Å².